The second-order valence-electron chi connectivity index (χ2n) is 6.02. The first kappa shape index (κ1) is 16.5. The molecule has 132 valence electrons. The summed E-state index contributed by atoms with van der Waals surface area (Å²) in [6.07, 6.45) is 3.65. The van der Waals surface area contributed by atoms with E-state index in [1.165, 1.54) is 23.6 Å². The third-order valence-corrected chi connectivity index (χ3v) is 4.95. The van der Waals surface area contributed by atoms with Crippen LogP contribution in [0.4, 0.5) is 5.13 Å². The molecule has 0 bridgehead atoms. The number of aromatic nitrogens is 3. The van der Waals surface area contributed by atoms with E-state index in [1.54, 1.807) is 0 Å². The van der Waals surface area contributed by atoms with Gasteiger partial charge >= 0.3 is 0 Å². The second-order valence-corrected chi connectivity index (χ2v) is 7.03. The zero-order chi connectivity index (χ0) is 17.9. The molecule has 4 rings (SSSR count). The van der Waals surface area contributed by atoms with Crippen LogP contribution >= 0.6 is 11.3 Å². The van der Waals surface area contributed by atoms with Crippen LogP contribution in [-0.4, -0.2) is 21.1 Å². The minimum atomic E-state index is -0.435. The first-order valence-electron chi connectivity index (χ1n) is 8.23. The van der Waals surface area contributed by atoms with Gasteiger partial charge in [0.2, 0.25) is 10.6 Å². The molecule has 0 aliphatic heterocycles. The molecule has 1 aromatic carbocycles. The summed E-state index contributed by atoms with van der Waals surface area (Å²) in [5.41, 5.74) is 0.738. The Morgan fingerprint density at radius 2 is 2.08 bits per heavy atom. The monoisotopic (exact) mass is 368 g/mol. The van der Waals surface area contributed by atoms with Crippen molar-refractivity contribution >= 4 is 22.4 Å². The van der Waals surface area contributed by atoms with Crippen LogP contribution < -0.4 is 15.5 Å². The second kappa shape index (κ2) is 7.09. The van der Waals surface area contributed by atoms with E-state index in [-0.39, 0.29) is 23.5 Å². The van der Waals surface area contributed by atoms with Crippen LogP contribution in [0.15, 0.2) is 47.4 Å². The quantitative estimate of drug-likeness (QED) is 0.697. The molecule has 1 amide bonds. The Bertz CT molecular complexity index is 979. The van der Waals surface area contributed by atoms with Crippen LogP contribution in [0.1, 0.15) is 39.8 Å². The standard InChI is InChI=1S/C18H16N4O3S/c23-14-8-13(16(24)20-18-22-21-17(26-18)12-6-7-12)19-9-15(14)25-10-11-4-2-1-3-5-11/h1-5,8-9,12H,6-7,10H2,(H,19,23)(H,20,22,24). The summed E-state index contributed by atoms with van der Waals surface area (Å²) in [6.45, 7) is 0.282. The Labute approximate surface area is 153 Å². The highest BCUT2D eigenvalue weighted by Gasteiger charge is 2.27. The average Bonchev–Trinajstić information content (AvgIpc) is 3.41. The highest BCUT2D eigenvalue weighted by Crippen LogP contribution is 2.42. The molecule has 0 saturated heterocycles. The number of nitrogens with zero attached hydrogens (tertiary/aromatic N) is 2. The Balaban J connectivity index is 1.41. The first-order valence-corrected chi connectivity index (χ1v) is 9.05. The lowest BCUT2D eigenvalue weighted by Crippen LogP contribution is -2.17. The van der Waals surface area contributed by atoms with Gasteiger partial charge in [-0.1, -0.05) is 41.7 Å². The fourth-order valence-corrected chi connectivity index (χ4v) is 3.29. The maximum atomic E-state index is 12.3. The van der Waals surface area contributed by atoms with Gasteiger partial charge < -0.3 is 9.72 Å². The van der Waals surface area contributed by atoms with Crippen LogP contribution in [0.2, 0.25) is 0 Å². The van der Waals surface area contributed by atoms with Crippen molar-refractivity contribution < 1.29 is 9.53 Å². The number of pyridine rings is 1. The molecule has 26 heavy (non-hydrogen) atoms. The van der Waals surface area contributed by atoms with E-state index >= 15 is 0 Å². The third kappa shape index (κ3) is 3.80. The van der Waals surface area contributed by atoms with E-state index in [0.29, 0.717) is 11.0 Å². The number of ether oxygens (including phenoxy) is 1. The number of amides is 1. The number of H-pyrrole nitrogens is 1. The molecule has 2 aromatic heterocycles. The Morgan fingerprint density at radius 3 is 2.81 bits per heavy atom. The van der Waals surface area contributed by atoms with Gasteiger partial charge in [-0.3, -0.25) is 14.9 Å². The molecule has 0 radical (unpaired) electrons. The van der Waals surface area contributed by atoms with Crippen molar-refractivity contribution in [1.82, 2.24) is 15.2 Å². The third-order valence-electron chi connectivity index (χ3n) is 3.95. The van der Waals surface area contributed by atoms with Gasteiger partial charge in [-0.25, -0.2) is 0 Å². The van der Waals surface area contributed by atoms with E-state index < -0.39 is 5.91 Å². The summed E-state index contributed by atoms with van der Waals surface area (Å²) in [4.78, 5) is 27.2. The minimum absolute atomic E-state index is 0.144. The fraction of sp³-hybridized carbons (Fsp3) is 0.222. The fourth-order valence-electron chi connectivity index (χ4n) is 2.38. The van der Waals surface area contributed by atoms with E-state index in [9.17, 15) is 9.59 Å². The molecule has 1 aliphatic rings. The van der Waals surface area contributed by atoms with Crippen molar-refractivity contribution in [2.45, 2.75) is 25.4 Å². The van der Waals surface area contributed by atoms with Gasteiger partial charge in [-0.15, -0.1) is 10.2 Å². The maximum absolute atomic E-state index is 12.3. The predicted molar refractivity (Wildman–Crippen MR) is 97.7 cm³/mol. The lowest BCUT2D eigenvalue weighted by molar-refractivity contribution is 0.102. The first-order chi connectivity index (χ1) is 12.7. The number of nitrogens with one attached hydrogen (secondary N) is 2. The Hall–Kier alpha value is -3.00. The zero-order valence-electron chi connectivity index (χ0n) is 13.8. The van der Waals surface area contributed by atoms with Crippen LogP contribution in [0, 0.1) is 0 Å². The van der Waals surface area contributed by atoms with Gasteiger partial charge in [0.25, 0.3) is 5.91 Å². The number of carbonyl (C=O) groups is 1. The summed E-state index contributed by atoms with van der Waals surface area (Å²) in [5.74, 6) is 0.214. The van der Waals surface area contributed by atoms with Crippen LogP contribution in [-0.2, 0) is 6.61 Å². The Kier molecular flexibility index (Phi) is 4.49. The molecular weight excluding hydrogens is 352 g/mol. The molecule has 1 saturated carbocycles. The molecule has 7 nitrogen and oxygen atoms in total. The smallest absolute Gasteiger partial charge is 0.274 e. The summed E-state index contributed by atoms with van der Waals surface area (Å²) < 4.78 is 5.52. The minimum Gasteiger partial charge on any atom is -0.483 e. The van der Waals surface area contributed by atoms with Gasteiger partial charge in [0.15, 0.2) is 5.75 Å². The molecular formula is C18H16N4O3S. The van der Waals surface area contributed by atoms with Gasteiger partial charge in [0.05, 0.1) is 0 Å². The van der Waals surface area contributed by atoms with E-state index in [1.807, 2.05) is 30.3 Å². The molecule has 8 heteroatoms. The number of aromatic amines is 1. The molecule has 2 heterocycles. The van der Waals surface area contributed by atoms with Crippen molar-refractivity contribution in [1.29, 1.82) is 0 Å². The molecule has 0 unspecified atom stereocenters. The Morgan fingerprint density at radius 1 is 1.27 bits per heavy atom. The van der Waals surface area contributed by atoms with Crippen molar-refractivity contribution in [2.24, 2.45) is 0 Å². The maximum Gasteiger partial charge on any atom is 0.274 e. The van der Waals surface area contributed by atoms with Gasteiger partial charge in [0.1, 0.15) is 17.3 Å². The largest absolute Gasteiger partial charge is 0.483 e. The molecule has 0 atom stereocenters. The van der Waals surface area contributed by atoms with E-state index in [4.69, 9.17) is 4.74 Å². The molecule has 3 aromatic rings. The zero-order valence-corrected chi connectivity index (χ0v) is 14.6. The lowest BCUT2D eigenvalue weighted by Gasteiger charge is -2.06. The summed E-state index contributed by atoms with van der Waals surface area (Å²) >= 11 is 1.37. The number of carbonyl (C=O) groups excluding carboxylic acids is 1. The van der Waals surface area contributed by atoms with Crippen molar-refractivity contribution in [3.8, 4) is 5.75 Å². The topological polar surface area (TPSA) is 97.0 Å². The van der Waals surface area contributed by atoms with Gasteiger partial charge in [-0.2, -0.15) is 0 Å². The average molecular weight is 368 g/mol. The number of rotatable bonds is 6. The molecule has 0 spiro atoms. The highest BCUT2D eigenvalue weighted by atomic mass is 32.1. The van der Waals surface area contributed by atoms with Gasteiger partial charge in [-0.05, 0) is 18.4 Å². The predicted octanol–water partition coefficient (Wildman–Crippen LogP) is 2.94. The van der Waals surface area contributed by atoms with Gasteiger partial charge in [0, 0.05) is 18.2 Å². The van der Waals surface area contributed by atoms with Crippen LogP contribution in [0.25, 0.3) is 0 Å². The number of hydrogen-bond acceptors (Lipinski definition) is 6. The van der Waals surface area contributed by atoms with Crippen molar-refractivity contribution in [3.63, 3.8) is 0 Å². The van der Waals surface area contributed by atoms with Crippen molar-refractivity contribution in [2.75, 3.05) is 5.32 Å². The van der Waals surface area contributed by atoms with Crippen LogP contribution in [0.5, 0.6) is 5.75 Å². The lowest BCUT2D eigenvalue weighted by atomic mass is 10.2. The van der Waals surface area contributed by atoms with E-state index in [0.717, 1.165) is 23.4 Å². The highest BCUT2D eigenvalue weighted by molar-refractivity contribution is 7.15. The normalized spacial score (nSPS) is 13.4. The number of anilines is 1. The summed E-state index contributed by atoms with van der Waals surface area (Å²) in [6, 6.07) is 10.8. The van der Waals surface area contributed by atoms with E-state index in [2.05, 4.69) is 20.5 Å². The molecule has 2 N–H and O–H groups in total. The molecule has 1 aliphatic carbocycles. The molecule has 1 fully saturated rings. The van der Waals surface area contributed by atoms with Crippen molar-refractivity contribution in [3.05, 3.63) is 69.1 Å². The summed E-state index contributed by atoms with van der Waals surface area (Å²) in [7, 11) is 0. The van der Waals surface area contributed by atoms with Crippen LogP contribution in [0.3, 0.4) is 0 Å². The SMILES string of the molecule is O=C(Nc1nnc(C2CC2)s1)c1cc(=O)c(OCc2ccccc2)c[nH]1. The number of hydrogen-bond donors (Lipinski definition) is 2. The summed E-state index contributed by atoms with van der Waals surface area (Å²) in [5, 5.41) is 12.1. The number of benzene rings is 1.